The van der Waals surface area contributed by atoms with Gasteiger partial charge in [-0.2, -0.15) is 0 Å². The van der Waals surface area contributed by atoms with Gasteiger partial charge in [-0.1, -0.05) is 18.2 Å². The number of rotatable bonds is 7. The van der Waals surface area contributed by atoms with Crippen LogP contribution < -0.4 is 9.46 Å². The average Bonchev–Trinajstić information content (AvgIpc) is 3.10. The first-order chi connectivity index (χ1) is 12.5. The van der Waals surface area contributed by atoms with E-state index < -0.39 is 15.8 Å². The van der Waals surface area contributed by atoms with Gasteiger partial charge in [-0.15, -0.1) is 0 Å². The molecule has 1 saturated heterocycles. The number of halogens is 1. The van der Waals surface area contributed by atoms with Gasteiger partial charge in [-0.3, -0.25) is 4.90 Å². The Morgan fingerprint density at radius 2 is 2.00 bits per heavy atom. The summed E-state index contributed by atoms with van der Waals surface area (Å²) in [4.78, 5) is 2.22. The molecule has 0 aromatic heterocycles. The summed E-state index contributed by atoms with van der Waals surface area (Å²) in [6, 6.07) is 13.3. The van der Waals surface area contributed by atoms with Gasteiger partial charge in [0.25, 0.3) is 0 Å². The lowest BCUT2D eigenvalue weighted by molar-refractivity contribution is 0.261. The van der Waals surface area contributed by atoms with E-state index in [1.807, 2.05) is 12.1 Å². The summed E-state index contributed by atoms with van der Waals surface area (Å²) in [7, 11) is -2.06. The van der Waals surface area contributed by atoms with E-state index in [-0.39, 0.29) is 17.5 Å². The number of benzene rings is 2. The van der Waals surface area contributed by atoms with Crippen molar-refractivity contribution >= 4 is 10.0 Å². The van der Waals surface area contributed by atoms with Gasteiger partial charge >= 0.3 is 0 Å². The Kier molecular flexibility index (Phi) is 5.90. The highest BCUT2D eigenvalue weighted by Crippen LogP contribution is 2.32. The molecule has 0 bridgehead atoms. The van der Waals surface area contributed by atoms with Crippen LogP contribution in [0.2, 0.25) is 0 Å². The molecule has 2 aromatic rings. The van der Waals surface area contributed by atoms with E-state index in [2.05, 4.69) is 21.8 Å². The third-order valence-electron chi connectivity index (χ3n) is 4.66. The Hall–Kier alpha value is -1.96. The second-order valence-electron chi connectivity index (χ2n) is 6.32. The van der Waals surface area contributed by atoms with E-state index >= 15 is 0 Å². The fourth-order valence-corrected chi connectivity index (χ4v) is 4.39. The zero-order chi connectivity index (χ0) is 18.6. The molecule has 1 atom stereocenters. The third kappa shape index (κ3) is 4.41. The van der Waals surface area contributed by atoms with E-state index in [1.165, 1.54) is 23.8 Å². The van der Waals surface area contributed by atoms with Crippen molar-refractivity contribution in [2.24, 2.45) is 0 Å². The molecular formula is C19H23FN2O3S. The van der Waals surface area contributed by atoms with Gasteiger partial charge < -0.3 is 4.74 Å². The summed E-state index contributed by atoms with van der Waals surface area (Å²) in [5.74, 6) is 0.258. The Balaban J connectivity index is 1.59. The number of sulfonamides is 1. The van der Waals surface area contributed by atoms with Crippen LogP contribution in [-0.2, 0) is 10.0 Å². The first-order valence-electron chi connectivity index (χ1n) is 8.63. The summed E-state index contributed by atoms with van der Waals surface area (Å²) in [6.45, 7) is 1.81. The number of hydrogen-bond acceptors (Lipinski definition) is 4. The van der Waals surface area contributed by atoms with Gasteiger partial charge in [0, 0.05) is 19.1 Å². The molecule has 0 amide bonds. The number of likely N-dealkylation sites (tertiary alicyclic amines) is 1. The molecule has 2 aromatic carbocycles. The first-order valence-corrected chi connectivity index (χ1v) is 10.1. The van der Waals surface area contributed by atoms with Crippen molar-refractivity contribution in [1.29, 1.82) is 0 Å². The van der Waals surface area contributed by atoms with Crippen LogP contribution in [0.5, 0.6) is 5.75 Å². The molecule has 26 heavy (non-hydrogen) atoms. The van der Waals surface area contributed by atoms with Crippen molar-refractivity contribution in [1.82, 2.24) is 9.62 Å². The van der Waals surface area contributed by atoms with Gasteiger partial charge in [-0.05, 0) is 55.3 Å². The van der Waals surface area contributed by atoms with Gasteiger partial charge in [0.2, 0.25) is 10.0 Å². The van der Waals surface area contributed by atoms with Crippen molar-refractivity contribution in [3.8, 4) is 5.75 Å². The third-order valence-corrected chi connectivity index (χ3v) is 6.12. The van der Waals surface area contributed by atoms with Crippen LogP contribution in [0, 0.1) is 5.82 Å². The molecule has 0 saturated carbocycles. The number of ether oxygens (including phenoxy) is 1. The Morgan fingerprint density at radius 1 is 1.23 bits per heavy atom. The predicted molar refractivity (Wildman–Crippen MR) is 98.1 cm³/mol. The van der Waals surface area contributed by atoms with E-state index in [0.717, 1.165) is 31.2 Å². The standard InChI is InChI=1S/C19H23FN2O3S/c1-25-17-9-7-15(8-10-17)19-6-3-12-22(19)13-11-21-26(23,24)18-5-2-4-16(20)14-18/h2,4-5,7-10,14,19,21H,3,6,11-13H2,1H3. The lowest BCUT2D eigenvalue weighted by Crippen LogP contribution is -2.34. The van der Waals surface area contributed by atoms with Crippen molar-refractivity contribution in [3.05, 3.63) is 59.9 Å². The fraction of sp³-hybridized carbons (Fsp3) is 0.368. The van der Waals surface area contributed by atoms with Crippen LogP contribution >= 0.6 is 0 Å². The van der Waals surface area contributed by atoms with E-state index in [0.29, 0.717) is 6.54 Å². The molecule has 0 aliphatic carbocycles. The lowest BCUT2D eigenvalue weighted by atomic mass is 10.0. The molecule has 3 rings (SSSR count). The van der Waals surface area contributed by atoms with Gasteiger partial charge in [0.1, 0.15) is 11.6 Å². The Bertz CT molecular complexity index is 840. The summed E-state index contributed by atoms with van der Waals surface area (Å²) in [5.41, 5.74) is 1.20. The fourth-order valence-electron chi connectivity index (χ4n) is 3.34. The second kappa shape index (κ2) is 8.16. The molecule has 1 aliphatic rings. The summed E-state index contributed by atoms with van der Waals surface area (Å²) < 4.78 is 45.5. The SMILES string of the molecule is COc1ccc(C2CCCN2CCNS(=O)(=O)c2cccc(F)c2)cc1. The molecule has 5 nitrogen and oxygen atoms in total. The zero-order valence-electron chi connectivity index (χ0n) is 14.7. The number of hydrogen-bond donors (Lipinski definition) is 1. The molecule has 1 aliphatic heterocycles. The van der Waals surface area contributed by atoms with Crippen LogP contribution in [0.1, 0.15) is 24.4 Å². The molecule has 0 spiro atoms. The molecule has 1 N–H and O–H groups in total. The molecule has 0 radical (unpaired) electrons. The average molecular weight is 378 g/mol. The lowest BCUT2D eigenvalue weighted by Gasteiger charge is -2.25. The summed E-state index contributed by atoms with van der Waals surface area (Å²) in [6.07, 6.45) is 2.12. The van der Waals surface area contributed by atoms with Crippen molar-refractivity contribution in [2.45, 2.75) is 23.8 Å². The van der Waals surface area contributed by atoms with Gasteiger partial charge in [0.15, 0.2) is 0 Å². The molecule has 1 fully saturated rings. The topological polar surface area (TPSA) is 58.6 Å². The molecule has 7 heteroatoms. The summed E-state index contributed by atoms with van der Waals surface area (Å²) >= 11 is 0. The van der Waals surface area contributed by atoms with E-state index in [4.69, 9.17) is 4.74 Å². The minimum absolute atomic E-state index is 0.0503. The monoisotopic (exact) mass is 378 g/mol. The largest absolute Gasteiger partial charge is 0.497 e. The van der Waals surface area contributed by atoms with Crippen LogP contribution in [0.25, 0.3) is 0 Å². The Morgan fingerprint density at radius 3 is 2.69 bits per heavy atom. The van der Waals surface area contributed by atoms with Gasteiger partial charge in [-0.25, -0.2) is 17.5 Å². The maximum Gasteiger partial charge on any atom is 0.240 e. The maximum atomic E-state index is 13.2. The number of nitrogens with one attached hydrogen (secondary N) is 1. The van der Waals surface area contributed by atoms with E-state index in [1.54, 1.807) is 7.11 Å². The van der Waals surface area contributed by atoms with Crippen molar-refractivity contribution < 1.29 is 17.5 Å². The van der Waals surface area contributed by atoms with Crippen LogP contribution in [0.3, 0.4) is 0 Å². The van der Waals surface area contributed by atoms with Crippen molar-refractivity contribution in [3.63, 3.8) is 0 Å². The number of methoxy groups -OCH3 is 1. The highest BCUT2D eigenvalue weighted by Gasteiger charge is 2.26. The molecule has 1 unspecified atom stereocenters. The molecule has 1 heterocycles. The Labute approximate surface area is 153 Å². The highest BCUT2D eigenvalue weighted by atomic mass is 32.2. The van der Waals surface area contributed by atoms with E-state index in [9.17, 15) is 12.8 Å². The summed E-state index contributed by atoms with van der Waals surface area (Å²) in [5, 5.41) is 0. The number of nitrogens with zero attached hydrogens (tertiary/aromatic N) is 1. The normalized spacial score (nSPS) is 18.2. The molecular weight excluding hydrogens is 355 g/mol. The van der Waals surface area contributed by atoms with Gasteiger partial charge in [0.05, 0.1) is 12.0 Å². The maximum absolute atomic E-state index is 13.2. The predicted octanol–water partition coefficient (Wildman–Crippen LogP) is 2.95. The minimum Gasteiger partial charge on any atom is -0.497 e. The molecule has 140 valence electrons. The van der Waals surface area contributed by atoms with Crippen LogP contribution in [0.4, 0.5) is 4.39 Å². The van der Waals surface area contributed by atoms with Crippen molar-refractivity contribution in [2.75, 3.05) is 26.7 Å². The first kappa shape index (κ1) is 18.8. The van der Waals surface area contributed by atoms with Crippen LogP contribution in [0.15, 0.2) is 53.4 Å². The van der Waals surface area contributed by atoms with Crippen LogP contribution in [-0.4, -0.2) is 40.1 Å². The minimum atomic E-state index is -3.70. The zero-order valence-corrected chi connectivity index (χ0v) is 15.5. The smallest absolute Gasteiger partial charge is 0.240 e. The second-order valence-corrected chi connectivity index (χ2v) is 8.09. The quantitative estimate of drug-likeness (QED) is 0.805. The highest BCUT2D eigenvalue weighted by molar-refractivity contribution is 7.89.